The van der Waals surface area contributed by atoms with Crippen LogP contribution in [0, 0.1) is 0 Å². The van der Waals surface area contributed by atoms with Crippen molar-refractivity contribution in [2.24, 2.45) is 0 Å². The van der Waals surface area contributed by atoms with Crippen LogP contribution in [0.3, 0.4) is 0 Å². The maximum atomic E-state index is 13.5. The molecule has 0 aliphatic carbocycles. The highest BCUT2D eigenvalue weighted by molar-refractivity contribution is 6.01. The summed E-state index contributed by atoms with van der Waals surface area (Å²) in [7, 11) is 0. The Morgan fingerprint density at radius 3 is 1.06 bits per heavy atom. The van der Waals surface area contributed by atoms with Gasteiger partial charge in [-0.1, -0.05) is 24.3 Å². The number of hydrogen-bond acceptors (Lipinski definition) is 13. The minimum atomic E-state index is -0.917. The highest BCUT2D eigenvalue weighted by atomic mass is 16.6. The van der Waals surface area contributed by atoms with Crippen LogP contribution in [-0.2, 0) is 33.4 Å². The first-order chi connectivity index (χ1) is 24.4. The Hall–Kier alpha value is -5.76. The van der Waals surface area contributed by atoms with E-state index in [2.05, 4.69) is 0 Å². The van der Waals surface area contributed by atoms with Crippen LogP contribution in [0.25, 0.3) is 22.3 Å². The second-order valence-corrected chi connectivity index (χ2v) is 12.0. The summed E-state index contributed by atoms with van der Waals surface area (Å²) in [5, 5.41) is 20.2. The van der Waals surface area contributed by atoms with Crippen LogP contribution in [0.2, 0.25) is 0 Å². The third-order valence-electron chi connectivity index (χ3n) is 8.03. The van der Waals surface area contributed by atoms with Gasteiger partial charge in [-0.05, 0) is 74.4 Å². The van der Waals surface area contributed by atoms with Gasteiger partial charge in [0, 0.05) is 25.2 Å². The molecule has 3 aliphatic heterocycles. The van der Waals surface area contributed by atoms with Crippen molar-refractivity contribution in [2.45, 2.75) is 64.3 Å². The Labute approximate surface area is 292 Å². The molecule has 0 saturated carbocycles. The summed E-state index contributed by atoms with van der Waals surface area (Å²) in [6, 6.07) is 11.0. The van der Waals surface area contributed by atoms with Crippen molar-refractivity contribution in [3.05, 3.63) is 85.0 Å². The van der Waals surface area contributed by atoms with Crippen molar-refractivity contribution < 1.29 is 62.5 Å². The lowest BCUT2D eigenvalue weighted by Crippen LogP contribution is -2.16. The van der Waals surface area contributed by atoms with E-state index in [9.17, 15) is 29.4 Å². The molecule has 0 unspecified atom stereocenters. The number of phenols is 2. The predicted molar refractivity (Wildman–Crippen MR) is 179 cm³/mol. The third-order valence-corrected chi connectivity index (χ3v) is 8.03. The Bertz CT molecular complexity index is 1940. The van der Waals surface area contributed by atoms with Crippen molar-refractivity contribution in [3.63, 3.8) is 0 Å². The van der Waals surface area contributed by atoms with Crippen LogP contribution in [0.1, 0.15) is 27.7 Å². The number of carbonyl (C=O) groups is 4. The summed E-state index contributed by atoms with van der Waals surface area (Å²) >= 11 is 0. The molecule has 51 heavy (non-hydrogen) atoms. The lowest BCUT2D eigenvalue weighted by Gasteiger charge is -2.24. The summed E-state index contributed by atoms with van der Waals surface area (Å²) in [6.07, 6.45) is 6.67. The van der Waals surface area contributed by atoms with Gasteiger partial charge in [-0.15, -0.1) is 0 Å². The molecule has 0 bridgehead atoms. The highest BCUT2D eigenvalue weighted by Gasteiger charge is 2.36. The van der Waals surface area contributed by atoms with E-state index >= 15 is 0 Å². The van der Waals surface area contributed by atoms with Crippen molar-refractivity contribution >= 4 is 23.9 Å². The molecule has 3 aromatic rings. The second-order valence-electron chi connectivity index (χ2n) is 12.0. The molecule has 0 amide bonds. The number of carbonyl (C=O) groups excluding carboxylic acids is 4. The Morgan fingerprint density at radius 2 is 0.804 bits per heavy atom. The van der Waals surface area contributed by atoms with Gasteiger partial charge in [0.2, 0.25) is 0 Å². The maximum Gasteiger partial charge on any atom is 0.336 e. The molecule has 6 rings (SSSR count). The standard InChI is InChI=1S/C38H34O13/c1-19-27(45-19)13-16-30(42)49-36-34(24-7-11-26(41)12-8-24)38(51-32(44)18-15-29-21(3)47-29)37(50-31(43)17-14-28-20(2)46-28)33(35(36)48-22(4)39)23-5-9-25(40)10-6-23/h5-21,27-29,40-41H,1-4H3/b16-13-,17-14-,18-15-/t19-,20+,21+,27-,28+,29+/m1/s1. The van der Waals surface area contributed by atoms with Gasteiger partial charge >= 0.3 is 23.9 Å². The average molecular weight is 699 g/mol. The number of esters is 4. The maximum absolute atomic E-state index is 13.5. The molecule has 3 heterocycles. The summed E-state index contributed by atoms with van der Waals surface area (Å²) in [4.78, 5) is 53.0. The largest absolute Gasteiger partial charge is 0.508 e. The quantitative estimate of drug-likeness (QED) is 0.110. The number of rotatable bonds is 12. The summed E-state index contributed by atoms with van der Waals surface area (Å²) in [5.41, 5.74) is 0.120. The number of ether oxygens (including phenoxy) is 7. The van der Waals surface area contributed by atoms with Gasteiger partial charge in [0.05, 0.1) is 29.4 Å². The fourth-order valence-electron chi connectivity index (χ4n) is 5.11. The molecular weight excluding hydrogens is 664 g/mol. The first kappa shape index (κ1) is 35.1. The van der Waals surface area contributed by atoms with E-state index in [4.69, 9.17) is 33.2 Å². The number of hydrogen-bond donors (Lipinski definition) is 2. The van der Waals surface area contributed by atoms with Crippen molar-refractivity contribution in [1.29, 1.82) is 0 Å². The topological polar surface area (TPSA) is 183 Å². The Kier molecular flexibility index (Phi) is 10.1. The second kappa shape index (κ2) is 14.6. The van der Waals surface area contributed by atoms with E-state index in [1.54, 1.807) is 0 Å². The van der Waals surface area contributed by atoms with E-state index in [0.717, 1.165) is 25.2 Å². The molecule has 13 nitrogen and oxygen atoms in total. The molecule has 2 N–H and O–H groups in total. The zero-order valence-electron chi connectivity index (χ0n) is 27.9. The van der Waals surface area contributed by atoms with Gasteiger partial charge < -0.3 is 43.4 Å². The van der Waals surface area contributed by atoms with Gasteiger partial charge in [-0.3, -0.25) is 4.79 Å². The van der Waals surface area contributed by atoms with Crippen LogP contribution in [0.4, 0.5) is 0 Å². The molecule has 3 saturated heterocycles. The first-order valence-corrected chi connectivity index (χ1v) is 16.1. The summed E-state index contributed by atoms with van der Waals surface area (Å²) < 4.78 is 39.5. The zero-order chi connectivity index (χ0) is 36.4. The number of phenolic OH excluding ortho intramolecular Hbond substituents is 2. The number of aromatic hydroxyl groups is 2. The van der Waals surface area contributed by atoms with E-state index in [1.165, 1.54) is 66.8 Å². The smallest absolute Gasteiger partial charge is 0.336 e. The van der Waals surface area contributed by atoms with Crippen LogP contribution < -0.4 is 18.9 Å². The van der Waals surface area contributed by atoms with Gasteiger partial charge in [-0.25, -0.2) is 14.4 Å². The predicted octanol–water partition coefficient (Wildman–Crippen LogP) is 5.10. The minimum Gasteiger partial charge on any atom is -0.508 e. The summed E-state index contributed by atoms with van der Waals surface area (Å²) in [6.45, 7) is 6.59. The van der Waals surface area contributed by atoms with Gasteiger partial charge in [0.15, 0.2) is 23.0 Å². The molecule has 264 valence electrons. The molecular formula is C38H34O13. The van der Waals surface area contributed by atoms with Crippen LogP contribution in [-0.4, -0.2) is 70.7 Å². The van der Waals surface area contributed by atoms with Crippen LogP contribution >= 0.6 is 0 Å². The lowest BCUT2D eigenvalue weighted by molar-refractivity contribution is -0.133. The molecule has 13 heteroatoms. The van der Waals surface area contributed by atoms with Crippen molar-refractivity contribution in [3.8, 4) is 56.8 Å². The fourth-order valence-corrected chi connectivity index (χ4v) is 5.11. The Balaban J connectivity index is 1.62. The van der Waals surface area contributed by atoms with E-state index < -0.39 is 35.4 Å². The third kappa shape index (κ3) is 8.70. The minimum absolute atomic E-state index is 0.0971. The van der Waals surface area contributed by atoms with Crippen LogP contribution in [0.5, 0.6) is 34.5 Å². The molecule has 3 aromatic carbocycles. The van der Waals surface area contributed by atoms with Crippen molar-refractivity contribution in [1.82, 2.24) is 0 Å². The first-order valence-electron chi connectivity index (χ1n) is 16.1. The fraction of sp³-hybridized carbons (Fsp3) is 0.263. The molecule has 3 fully saturated rings. The molecule has 6 atom stereocenters. The highest BCUT2D eigenvalue weighted by Crippen LogP contribution is 2.57. The number of epoxide rings is 3. The van der Waals surface area contributed by atoms with Crippen LogP contribution in [0.15, 0.2) is 85.0 Å². The number of benzene rings is 3. The van der Waals surface area contributed by atoms with Gasteiger partial charge in [0.25, 0.3) is 0 Å². The molecule has 3 aliphatic rings. The monoisotopic (exact) mass is 698 g/mol. The van der Waals surface area contributed by atoms with E-state index in [-0.39, 0.29) is 81.9 Å². The lowest BCUT2D eigenvalue weighted by atomic mass is 9.94. The van der Waals surface area contributed by atoms with Crippen molar-refractivity contribution in [2.75, 3.05) is 0 Å². The summed E-state index contributed by atoms with van der Waals surface area (Å²) in [5.74, 6) is -5.38. The molecule has 0 spiro atoms. The SMILES string of the molecule is CC(=O)Oc1c(OC(=O)/C=C\[C@H]2O[C@@H]2C)c(-c2ccc(O)cc2)c(OC(=O)/C=C\[C@@H]2O[C@H]2C)c(OC(=O)/C=C\[C@@H]2O[C@H]2C)c1-c1ccc(O)cc1. The molecule has 0 radical (unpaired) electrons. The molecule has 0 aromatic heterocycles. The zero-order valence-corrected chi connectivity index (χ0v) is 27.9. The van der Waals surface area contributed by atoms with Gasteiger partial charge in [-0.2, -0.15) is 0 Å². The average Bonchev–Trinajstić information content (AvgIpc) is 4.04. The normalized spacial score (nSPS) is 23.3. The van der Waals surface area contributed by atoms with Gasteiger partial charge in [0.1, 0.15) is 29.8 Å². The van der Waals surface area contributed by atoms with E-state index in [0.29, 0.717) is 0 Å². The Morgan fingerprint density at radius 1 is 0.529 bits per heavy atom. The van der Waals surface area contributed by atoms with E-state index in [1.807, 2.05) is 20.8 Å².